The third-order valence-corrected chi connectivity index (χ3v) is 3.89. The van der Waals surface area contributed by atoms with E-state index >= 15 is 0 Å². The Morgan fingerprint density at radius 2 is 1.91 bits per heavy atom. The zero-order valence-electron chi connectivity index (χ0n) is 13.0. The number of carboxylic acids is 1. The summed E-state index contributed by atoms with van der Waals surface area (Å²) in [4.78, 5) is 15.6. The molecule has 0 saturated carbocycles. The van der Waals surface area contributed by atoms with Crippen LogP contribution in [-0.4, -0.2) is 25.7 Å². The van der Waals surface area contributed by atoms with Crippen molar-refractivity contribution in [1.82, 2.24) is 14.6 Å². The van der Waals surface area contributed by atoms with Crippen molar-refractivity contribution in [1.29, 1.82) is 0 Å². The monoisotopic (exact) mass is 329 g/mol. The summed E-state index contributed by atoms with van der Waals surface area (Å²) in [6.07, 6.45) is 0. The molecule has 118 valence electrons. The molecule has 2 heterocycles. The largest absolute Gasteiger partial charge is 0.477 e. The third-order valence-electron chi connectivity index (χ3n) is 3.56. The van der Waals surface area contributed by atoms with Gasteiger partial charge in [0.05, 0.1) is 11.4 Å². The van der Waals surface area contributed by atoms with E-state index in [1.54, 1.807) is 10.6 Å². The van der Waals surface area contributed by atoms with E-state index in [0.717, 1.165) is 5.69 Å². The van der Waals surface area contributed by atoms with Crippen molar-refractivity contribution in [3.63, 3.8) is 0 Å². The lowest BCUT2D eigenvalue weighted by Gasteiger charge is -2.13. The highest BCUT2D eigenvalue weighted by molar-refractivity contribution is 6.33. The third kappa shape index (κ3) is 2.80. The Morgan fingerprint density at radius 3 is 2.52 bits per heavy atom. The van der Waals surface area contributed by atoms with Gasteiger partial charge in [-0.15, -0.1) is 0 Å². The smallest absolute Gasteiger partial charge is 0.354 e. The van der Waals surface area contributed by atoms with Crippen LogP contribution in [0.2, 0.25) is 5.02 Å². The first kappa shape index (κ1) is 15.5. The van der Waals surface area contributed by atoms with E-state index in [1.165, 1.54) is 6.07 Å². The molecule has 0 spiro atoms. The van der Waals surface area contributed by atoms with Crippen molar-refractivity contribution < 1.29 is 9.90 Å². The maximum Gasteiger partial charge on any atom is 0.354 e. The number of carboxylic acid groups (broad SMARTS) is 1. The van der Waals surface area contributed by atoms with Crippen molar-refractivity contribution in [3.8, 4) is 11.3 Å². The quantitative estimate of drug-likeness (QED) is 0.770. The Morgan fingerprint density at radius 1 is 1.22 bits per heavy atom. The van der Waals surface area contributed by atoms with Crippen LogP contribution >= 0.6 is 11.6 Å². The first-order chi connectivity index (χ1) is 10.8. The van der Waals surface area contributed by atoms with Gasteiger partial charge in [0.25, 0.3) is 0 Å². The van der Waals surface area contributed by atoms with Crippen LogP contribution in [0.15, 0.2) is 36.4 Å². The molecule has 5 nitrogen and oxygen atoms in total. The van der Waals surface area contributed by atoms with Crippen molar-refractivity contribution in [3.05, 3.63) is 52.8 Å². The Balaban J connectivity index is 2.36. The molecule has 3 rings (SSSR count). The number of nitrogens with zero attached hydrogens (tertiary/aromatic N) is 3. The van der Waals surface area contributed by atoms with Gasteiger partial charge in [-0.2, -0.15) is 5.10 Å². The van der Waals surface area contributed by atoms with Gasteiger partial charge in [-0.25, -0.2) is 14.3 Å². The minimum absolute atomic E-state index is 0.0345. The zero-order chi connectivity index (χ0) is 16.8. The first-order valence-corrected chi connectivity index (χ1v) is 7.54. The van der Waals surface area contributed by atoms with Gasteiger partial charge < -0.3 is 5.11 Å². The van der Waals surface area contributed by atoms with Gasteiger partial charge in [-0.05, 0) is 12.1 Å². The van der Waals surface area contributed by atoms with Gasteiger partial charge in [-0.1, -0.05) is 50.6 Å². The average Bonchev–Trinajstić information content (AvgIpc) is 2.91. The summed E-state index contributed by atoms with van der Waals surface area (Å²) >= 11 is 6.28. The summed E-state index contributed by atoms with van der Waals surface area (Å²) in [6, 6.07) is 10.6. The van der Waals surface area contributed by atoms with E-state index in [2.05, 4.69) is 10.1 Å². The standard InChI is InChI=1S/C17H16ClN3O2/c1-17(2,3)14-9-15-19-12(16(22)23)8-13(21(15)20-14)10-6-4-5-7-11(10)18/h4-9H,1-3H3,(H,22,23). The van der Waals surface area contributed by atoms with Crippen LogP contribution in [0, 0.1) is 0 Å². The minimum Gasteiger partial charge on any atom is -0.477 e. The number of rotatable bonds is 2. The van der Waals surface area contributed by atoms with E-state index in [1.807, 2.05) is 45.0 Å². The molecule has 0 saturated heterocycles. The van der Waals surface area contributed by atoms with Crippen molar-refractivity contribution in [2.75, 3.05) is 0 Å². The molecule has 0 fully saturated rings. The van der Waals surface area contributed by atoms with E-state index < -0.39 is 5.97 Å². The lowest BCUT2D eigenvalue weighted by Crippen LogP contribution is -2.12. The fourth-order valence-electron chi connectivity index (χ4n) is 2.31. The van der Waals surface area contributed by atoms with Gasteiger partial charge in [0.15, 0.2) is 11.3 Å². The van der Waals surface area contributed by atoms with Gasteiger partial charge in [0.2, 0.25) is 0 Å². The molecule has 0 aliphatic carbocycles. The summed E-state index contributed by atoms with van der Waals surface area (Å²) in [6.45, 7) is 6.13. The Hall–Kier alpha value is -2.40. The van der Waals surface area contributed by atoms with Crippen LogP contribution in [0.5, 0.6) is 0 Å². The maximum absolute atomic E-state index is 11.4. The highest BCUT2D eigenvalue weighted by Crippen LogP contribution is 2.30. The highest BCUT2D eigenvalue weighted by atomic mass is 35.5. The molecule has 1 aromatic carbocycles. The molecule has 0 radical (unpaired) electrons. The lowest BCUT2D eigenvalue weighted by molar-refractivity contribution is 0.0690. The molecule has 6 heteroatoms. The van der Waals surface area contributed by atoms with Crippen LogP contribution in [0.25, 0.3) is 16.9 Å². The summed E-state index contributed by atoms with van der Waals surface area (Å²) in [5, 5.41) is 14.5. The number of hydrogen-bond donors (Lipinski definition) is 1. The van der Waals surface area contributed by atoms with E-state index in [4.69, 9.17) is 11.6 Å². The second-order valence-electron chi connectivity index (χ2n) is 6.36. The Labute approximate surface area is 138 Å². The van der Waals surface area contributed by atoms with E-state index in [0.29, 0.717) is 21.9 Å². The van der Waals surface area contributed by atoms with Crippen LogP contribution in [0.4, 0.5) is 0 Å². The van der Waals surface area contributed by atoms with Crippen LogP contribution < -0.4 is 0 Å². The fraction of sp³-hybridized carbons (Fsp3) is 0.235. The van der Waals surface area contributed by atoms with Gasteiger partial charge in [-0.3, -0.25) is 0 Å². The molecule has 0 unspecified atom stereocenters. The molecule has 0 atom stereocenters. The second-order valence-corrected chi connectivity index (χ2v) is 6.77. The molecule has 2 aromatic heterocycles. The molecular weight excluding hydrogens is 314 g/mol. The fourth-order valence-corrected chi connectivity index (χ4v) is 2.54. The molecule has 3 aromatic rings. The normalized spacial score (nSPS) is 11.8. The Bertz CT molecular complexity index is 910. The topological polar surface area (TPSA) is 67.5 Å². The number of aromatic carboxylic acids is 1. The molecule has 0 bridgehead atoms. The van der Waals surface area contributed by atoms with Crippen molar-refractivity contribution >= 4 is 23.2 Å². The minimum atomic E-state index is -1.08. The summed E-state index contributed by atoms with van der Waals surface area (Å²) in [5.41, 5.74) is 2.44. The molecule has 0 aliphatic rings. The summed E-state index contributed by atoms with van der Waals surface area (Å²) in [7, 11) is 0. The molecule has 0 amide bonds. The van der Waals surface area contributed by atoms with Crippen LogP contribution in [-0.2, 0) is 5.41 Å². The van der Waals surface area contributed by atoms with Gasteiger partial charge in [0, 0.05) is 22.1 Å². The van der Waals surface area contributed by atoms with Crippen molar-refractivity contribution in [2.24, 2.45) is 0 Å². The van der Waals surface area contributed by atoms with Crippen LogP contribution in [0.1, 0.15) is 37.0 Å². The van der Waals surface area contributed by atoms with E-state index in [-0.39, 0.29) is 11.1 Å². The number of carbonyl (C=O) groups is 1. The van der Waals surface area contributed by atoms with Crippen molar-refractivity contribution in [2.45, 2.75) is 26.2 Å². The zero-order valence-corrected chi connectivity index (χ0v) is 13.8. The predicted octanol–water partition coefficient (Wildman–Crippen LogP) is 4.05. The average molecular weight is 330 g/mol. The Kier molecular flexibility index (Phi) is 3.60. The van der Waals surface area contributed by atoms with Gasteiger partial charge in [0.1, 0.15) is 0 Å². The van der Waals surface area contributed by atoms with E-state index in [9.17, 15) is 9.90 Å². The molecular formula is C17H16ClN3O2. The van der Waals surface area contributed by atoms with Gasteiger partial charge >= 0.3 is 5.97 Å². The van der Waals surface area contributed by atoms with Crippen LogP contribution in [0.3, 0.4) is 0 Å². The summed E-state index contributed by atoms with van der Waals surface area (Å²) in [5.74, 6) is -1.08. The molecule has 23 heavy (non-hydrogen) atoms. The number of benzene rings is 1. The first-order valence-electron chi connectivity index (χ1n) is 7.17. The second kappa shape index (κ2) is 5.35. The number of aromatic nitrogens is 3. The number of halogens is 1. The molecule has 1 N–H and O–H groups in total. The number of hydrogen-bond acceptors (Lipinski definition) is 3. The maximum atomic E-state index is 11.4. The highest BCUT2D eigenvalue weighted by Gasteiger charge is 2.21. The molecule has 0 aliphatic heterocycles. The lowest BCUT2D eigenvalue weighted by atomic mass is 9.93. The SMILES string of the molecule is CC(C)(C)c1cc2nc(C(=O)O)cc(-c3ccccc3Cl)n2n1. The number of fused-ring (bicyclic) bond motifs is 1. The predicted molar refractivity (Wildman–Crippen MR) is 89.1 cm³/mol. The summed E-state index contributed by atoms with van der Waals surface area (Å²) < 4.78 is 1.65.